The van der Waals surface area contributed by atoms with Crippen LogP contribution >= 0.6 is 0 Å². The van der Waals surface area contributed by atoms with Gasteiger partial charge < -0.3 is 19.9 Å². The minimum absolute atomic E-state index is 0.681. The van der Waals surface area contributed by atoms with Gasteiger partial charge in [0.1, 0.15) is 0 Å². The number of hydrogen-bond acceptors (Lipinski definition) is 4. The molecule has 2 rings (SSSR count). The number of hydrogen-bond donors (Lipinski definition) is 1. The Morgan fingerprint density at radius 2 is 2.19 bits per heavy atom. The molecule has 1 aromatic rings. The zero-order chi connectivity index (χ0) is 15.2. The van der Waals surface area contributed by atoms with Crippen molar-refractivity contribution < 1.29 is 4.74 Å². The van der Waals surface area contributed by atoms with E-state index in [1.165, 1.54) is 23.2 Å². The van der Waals surface area contributed by atoms with Crippen LogP contribution in [-0.4, -0.2) is 58.4 Å². The molecule has 0 amide bonds. The lowest BCUT2D eigenvalue weighted by molar-refractivity contribution is 0.199. The van der Waals surface area contributed by atoms with Crippen molar-refractivity contribution in [1.82, 2.24) is 10.2 Å². The molecule has 0 bridgehead atoms. The van der Waals surface area contributed by atoms with E-state index < -0.39 is 0 Å². The van der Waals surface area contributed by atoms with Gasteiger partial charge in [0.25, 0.3) is 0 Å². The van der Waals surface area contributed by atoms with Crippen molar-refractivity contribution in [3.63, 3.8) is 0 Å². The molecule has 0 aromatic heterocycles. The molecule has 118 valence electrons. The summed E-state index contributed by atoms with van der Waals surface area (Å²) >= 11 is 0. The third-order valence-corrected chi connectivity index (χ3v) is 4.38. The van der Waals surface area contributed by atoms with Crippen molar-refractivity contribution in [2.45, 2.75) is 25.9 Å². The normalized spacial score (nSPS) is 18.7. The van der Waals surface area contributed by atoms with Gasteiger partial charge in [0.2, 0.25) is 0 Å². The number of rotatable bonds is 7. The minimum Gasteiger partial charge on any atom is -0.383 e. The van der Waals surface area contributed by atoms with Crippen LogP contribution in [0.3, 0.4) is 0 Å². The van der Waals surface area contributed by atoms with Crippen LogP contribution in [0.5, 0.6) is 0 Å². The molecular formula is C17H29N3O. The van der Waals surface area contributed by atoms with E-state index in [1.54, 1.807) is 7.11 Å². The molecule has 21 heavy (non-hydrogen) atoms. The predicted octanol–water partition coefficient (Wildman–Crippen LogP) is 1.87. The highest BCUT2D eigenvalue weighted by Crippen LogP contribution is 2.24. The van der Waals surface area contributed by atoms with Crippen LogP contribution in [0.25, 0.3) is 0 Å². The molecule has 1 unspecified atom stereocenters. The summed E-state index contributed by atoms with van der Waals surface area (Å²) in [5.74, 6) is 0. The highest BCUT2D eigenvalue weighted by molar-refractivity contribution is 5.51. The number of anilines is 1. The summed E-state index contributed by atoms with van der Waals surface area (Å²) in [5.41, 5.74) is 4.10. The molecule has 1 atom stereocenters. The molecule has 4 nitrogen and oxygen atoms in total. The van der Waals surface area contributed by atoms with E-state index in [9.17, 15) is 0 Å². The number of nitrogens with one attached hydrogen (secondary N) is 1. The molecule has 1 heterocycles. The molecule has 4 heteroatoms. The van der Waals surface area contributed by atoms with E-state index in [4.69, 9.17) is 4.74 Å². The second-order valence-electron chi connectivity index (χ2n) is 6.13. The highest BCUT2D eigenvalue weighted by Gasteiger charge is 2.24. The van der Waals surface area contributed by atoms with Crippen molar-refractivity contribution in [2.24, 2.45) is 0 Å². The smallest absolute Gasteiger partial charge is 0.0587 e. The zero-order valence-corrected chi connectivity index (χ0v) is 13.9. The van der Waals surface area contributed by atoms with E-state index >= 15 is 0 Å². The van der Waals surface area contributed by atoms with Gasteiger partial charge in [-0.15, -0.1) is 0 Å². The van der Waals surface area contributed by atoms with Gasteiger partial charge in [-0.2, -0.15) is 0 Å². The maximum atomic E-state index is 5.05. The van der Waals surface area contributed by atoms with E-state index in [0.29, 0.717) is 6.04 Å². The van der Waals surface area contributed by atoms with E-state index in [2.05, 4.69) is 54.3 Å². The number of methoxy groups -OCH3 is 1. The Morgan fingerprint density at radius 1 is 1.38 bits per heavy atom. The second kappa shape index (κ2) is 7.78. The van der Waals surface area contributed by atoms with Crippen LogP contribution < -0.4 is 10.2 Å². The number of aryl methyl sites for hydroxylation is 1. The quantitative estimate of drug-likeness (QED) is 0.776. The summed E-state index contributed by atoms with van der Waals surface area (Å²) in [6.45, 7) is 7.07. The van der Waals surface area contributed by atoms with E-state index in [1.807, 2.05) is 0 Å². The average molecular weight is 291 g/mol. The van der Waals surface area contributed by atoms with Crippen molar-refractivity contribution in [3.05, 3.63) is 29.3 Å². The molecule has 0 aliphatic carbocycles. The number of likely N-dealkylation sites (N-methyl/N-ethyl adjacent to an activating group) is 1. The largest absolute Gasteiger partial charge is 0.383 e. The molecule has 1 saturated heterocycles. The monoisotopic (exact) mass is 291 g/mol. The maximum Gasteiger partial charge on any atom is 0.0587 e. The van der Waals surface area contributed by atoms with Gasteiger partial charge >= 0.3 is 0 Å². The summed E-state index contributed by atoms with van der Waals surface area (Å²) in [7, 11) is 6.08. The van der Waals surface area contributed by atoms with Gasteiger partial charge in [-0.3, -0.25) is 0 Å². The number of nitrogens with zero attached hydrogens (tertiary/aromatic N) is 2. The van der Waals surface area contributed by atoms with Gasteiger partial charge in [-0.25, -0.2) is 0 Å². The third kappa shape index (κ3) is 4.43. The fourth-order valence-electron chi connectivity index (χ4n) is 2.87. The Morgan fingerprint density at radius 3 is 2.81 bits per heavy atom. The van der Waals surface area contributed by atoms with Crippen LogP contribution in [0.4, 0.5) is 5.69 Å². The average Bonchev–Trinajstić information content (AvgIpc) is 2.95. The standard InChI is InChI=1S/C17H29N3O/c1-14-11-16(20-9-7-17(13-20)19(2)3)6-5-15(14)12-18-8-10-21-4/h5-6,11,17-18H,7-10,12-13H2,1-4H3. The second-order valence-corrected chi connectivity index (χ2v) is 6.13. The Balaban J connectivity index is 1.93. The van der Waals surface area contributed by atoms with Crippen molar-refractivity contribution in [1.29, 1.82) is 0 Å². The van der Waals surface area contributed by atoms with Gasteiger partial charge in [-0.1, -0.05) is 6.07 Å². The van der Waals surface area contributed by atoms with Gasteiger partial charge in [-0.05, 0) is 50.7 Å². The molecule has 1 N–H and O–H groups in total. The Hall–Kier alpha value is -1.10. The first-order chi connectivity index (χ1) is 10.1. The van der Waals surface area contributed by atoms with Crippen LogP contribution in [0.2, 0.25) is 0 Å². The first kappa shape index (κ1) is 16.3. The molecule has 0 saturated carbocycles. The molecule has 1 aliphatic heterocycles. The van der Waals surface area contributed by atoms with Crippen LogP contribution in [0.15, 0.2) is 18.2 Å². The maximum absolute atomic E-state index is 5.05. The summed E-state index contributed by atoms with van der Waals surface area (Å²) in [6, 6.07) is 7.53. The van der Waals surface area contributed by atoms with E-state index in [0.717, 1.165) is 32.8 Å². The Bertz CT molecular complexity index is 448. The van der Waals surface area contributed by atoms with Crippen LogP contribution in [0.1, 0.15) is 17.5 Å². The predicted molar refractivity (Wildman–Crippen MR) is 89.1 cm³/mol. The van der Waals surface area contributed by atoms with Gasteiger partial charge in [0.05, 0.1) is 6.61 Å². The van der Waals surface area contributed by atoms with Crippen molar-refractivity contribution in [3.8, 4) is 0 Å². The Kier molecular flexibility index (Phi) is 6.03. The third-order valence-electron chi connectivity index (χ3n) is 4.38. The lowest BCUT2D eigenvalue weighted by atomic mass is 10.1. The minimum atomic E-state index is 0.681. The first-order valence-electron chi connectivity index (χ1n) is 7.82. The fourth-order valence-corrected chi connectivity index (χ4v) is 2.87. The Labute approximate surface area is 129 Å². The number of benzene rings is 1. The first-order valence-corrected chi connectivity index (χ1v) is 7.82. The van der Waals surface area contributed by atoms with Crippen LogP contribution in [-0.2, 0) is 11.3 Å². The highest BCUT2D eigenvalue weighted by atomic mass is 16.5. The van der Waals surface area contributed by atoms with Gasteiger partial charge in [0.15, 0.2) is 0 Å². The molecule has 1 fully saturated rings. The lowest BCUT2D eigenvalue weighted by Gasteiger charge is -2.22. The fraction of sp³-hybridized carbons (Fsp3) is 0.647. The molecule has 1 aliphatic rings. The topological polar surface area (TPSA) is 27.7 Å². The summed E-state index contributed by atoms with van der Waals surface area (Å²) in [4.78, 5) is 4.83. The van der Waals surface area contributed by atoms with Crippen molar-refractivity contribution in [2.75, 3.05) is 52.3 Å². The van der Waals surface area contributed by atoms with Crippen LogP contribution in [0, 0.1) is 6.92 Å². The summed E-state index contributed by atoms with van der Waals surface area (Å²) in [6.07, 6.45) is 1.26. The van der Waals surface area contributed by atoms with Crippen molar-refractivity contribution >= 4 is 5.69 Å². The lowest BCUT2D eigenvalue weighted by Crippen LogP contribution is -2.31. The molecular weight excluding hydrogens is 262 g/mol. The molecule has 0 radical (unpaired) electrons. The number of ether oxygens (including phenoxy) is 1. The summed E-state index contributed by atoms with van der Waals surface area (Å²) in [5, 5.41) is 3.41. The van der Waals surface area contributed by atoms with Gasteiger partial charge in [0, 0.05) is 45.0 Å². The SMILES string of the molecule is COCCNCc1ccc(N2CCC(N(C)C)C2)cc1C. The zero-order valence-electron chi connectivity index (χ0n) is 13.9. The molecule has 0 spiro atoms. The van der Waals surface area contributed by atoms with E-state index in [-0.39, 0.29) is 0 Å². The summed E-state index contributed by atoms with van der Waals surface area (Å²) < 4.78 is 5.05. The molecule has 1 aromatic carbocycles.